The molecule has 0 bridgehead atoms. The summed E-state index contributed by atoms with van der Waals surface area (Å²) in [4.78, 5) is 23.7. The van der Waals surface area contributed by atoms with Crippen molar-refractivity contribution in [3.05, 3.63) is 29.8 Å². The summed E-state index contributed by atoms with van der Waals surface area (Å²) in [6.45, 7) is 7.44. The number of hydrogen-bond acceptors (Lipinski definition) is 5. The number of para-hydroxylation sites is 1. The van der Waals surface area contributed by atoms with Crippen LogP contribution in [0.2, 0.25) is 0 Å². The maximum atomic E-state index is 11.9. The molecule has 0 aromatic heterocycles. The second kappa shape index (κ2) is 7.82. The Morgan fingerprint density at radius 1 is 1.23 bits per heavy atom. The van der Waals surface area contributed by atoms with Crippen molar-refractivity contribution in [3.8, 4) is 0 Å². The molecule has 1 rings (SSSR count). The van der Waals surface area contributed by atoms with Crippen molar-refractivity contribution in [1.29, 1.82) is 0 Å². The van der Waals surface area contributed by atoms with E-state index in [1.165, 1.54) is 7.11 Å². The van der Waals surface area contributed by atoms with E-state index in [1.54, 1.807) is 0 Å². The van der Waals surface area contributed by atoms with Crippen LogP contribution >= 0.6 is 0 Å². The Hall–Kier alpha value is -2.04. The first-order valence-electron chi connectivity index (χ1n) is 7.41. The molecule has 122 valence electrons. The molecule has 0 fully saturated rings. The highest BCUT2D eigenvalue weighted by Crippen LogP contribution is 2.28. The number of hydrogen-bond donors (Lipinski definition) is 1. The van der Waals surface area contributed by atoms with Crippen molar-refractivity contribution in [2.45, 2.75) is 45.6 Å². The largest absolute Gasteiger partial charge is 0.469 e. The van der Waals surface area contributed by atoms with E-state index in [9.17, 15) is 9.59 Å². The first-order chi connectivity index (χ1) is 10.3. The summed E-state index contributed by atoms with van der Waals surface area (Å²) in [5, 5.41) is 3.05. The molecule has 5 nitrogen and oxygen atoms in total. The number of nitrogens with one attached hydrogen (secondary N) is 1. The van der Waals surface area contributed by atoms with Gasteiger partial charge in [-0.1, -0.05) is 25.1 Å². The third kappa shape index (κ3) is 5.39. The van der Waals surface area contributed by atoms with Crippen LogP contribution in [0.4, 0.5) is 5.69 Å². The highest BCUT2D eigenvalue weighted by Gasteiger charge is 2.22. The van der Waals surface area contributed by atoms with Crippen LogP contribution in [0, 0.1) is 0 Å². The molecule has 1 atom stereocenters. The first kappa shape index (κ1) is 18.0. The van der Waals surface area contributed by atoms with Gasteiger partial charge in [0.1, 0.15) is 12.1 Å². The van der Waals surface area contributed by atoms with Gasteiger partial charge in [-0.2, -0.15) is 0 Å². The van der Waals surface area contributed by atoms with E-state index in [0.29, 0.717) is 6.42 Å². The van der Waals surface area contributed by atoms with Crippen LogP contribution in [0.15, 0.2) is 24.3 Å². The van der Waals surface area contributed by atoms with Crippen molar-refractivity contribution in [3.63, 3.8) is 0 Å². The Bertz CT molecular complexity index is 520. The lowest BCUT2D eigenvalue weighted by molar-refractivity contribution is -0.152. The van der Waals surface area contributed by atoms with Crippen LogP contribution in [-0.4, -0.2) is 31.2 Å². The van der Waals surface area contributed by atoms with Crippen LogP contribution in [0.1, 0.15) is 45.6 Å². The van der Waals surface area contributed by atoms with E-state index < -0.39 is 5.60 Å². The minimum atomic E-state index is -0.518. The van der Waals surface area contributed by atoms with E-state index in [-0.39, 0.29) is 24.4 Å². The molecular weight excluding hydrogens is 282 g/mol. The molecule has 0 heterocycles. The smallest absolute Gasteiger partial charge is 0.325 e. The number of ether oxygens (including phenoxy) is 2. The van der Waals surface area contributed by atoms with Gasteiger partial charge in [-0.3, -0.25) is 9.59 Å². The SMILES string of the molecule is CCC(C(=O)OC)c1ccccc1NCC(=O)OC(C)(C)C. The lowest BCUT2D eigenvalue weighted by atomic mass is 9.95. The van der Waals surface area contributed by atoms with Crippen molar-refractivity contribution < 1.29 is 19.1 Å². The zero-order valence-electron chi connectivity index (χ0n) is 13.9. The second-order valence-electron chi connectivity index (χ2n) is 6.01. The fourth-order valence-electron chi connectivity index (χ4n) is 2.16. The molecule has 1 aromatic carbocycles. The zero-order chi connectivity index (χ0) is 16.8. The number of carbonyl (C=O) groups is 2. The maximum Gasteiger partial charge on any atom is 0.325 e. The average molecular weight is 307 g/mol. The molecule has 1 unspecified atom stereocenters. The maximum absolute atomic E-state index is 11.9. The summed E-state index contributed by atoms with van der Waals surface area (Å²) in [5.41, 5.74) is 1.04. The molecule has 0 aliphatic heterocycles. The predicted molar refractivity (Wildman–Crippen MR) is 85.8 cm³/mol. The third-order valence-corrected chi connectivity index (χ3v) is 3.07. The van der Waals surface area contributed by atoms with Gasteiger partial charge in [-0.05, 0) is 38.8 Å². The minimum absolute atomic E-state index is 0.0475. The van der Waals surface area contributed by atoms with Crippen LogP contribution < -0.4 is 5.32 Å². The van der Waals surface area contributed by atoms with Gasteiger partial charge >= 0.3 is 11.9 Å². The molecule has 0 saturated carbocycles. The van der Waals surface area contributed by atoms with Gasteiger partial charge in [0.05, 0.1) is 13.0 Å². The lowest BCUT2D eigenvalue weighted by Gasteiger charge is -2.21. The lowest BCUT2D eigenvalue weighted by Crippen LogP contribution is -2.28. The fourth-order valence-corrected chi connectivity index (χ4v) is 2.16. The Morgan fingerprint density at radius 2 is 1.86 bits per heavy atom. The average Bonchev–Trinajstić information content (AvgIpc) is 2.45. The van der Waals surface area contributed by atoms with E-state index in [4.69, 9.17) is 9.47 Å². The van der Waals surface area contributed by atoms with Gasteiger partial charge < -0.3 is 14.8 Å². The number of methoxy groups -OCH3 is 1. The van der Waals surface area contributed by atoms with Crippen molar-refractivity contribution in [2.24, 2.45) is 0 Å². The Kier molecular flexibility index (Phi) is 6.40. The molecule has 0 amide bonds. The summed E-state index contributed by atoms with van der Waals surface area (Å²) >= 11 is 0. The number of anilines is 1. The number of esters is 2. The number of carbonyl (C=O) groups excluding carboxylic acids is 2. The highest BCUT2D eigenvalue weighted by molar-refractivity contribution is 5.82. The number of benzene rings is 1. The zero-order valence-corrected chi connectivity index (χ0v) is 13.9. The first-order valence-corrected chi connectivity index (χ1v) is 7.41. The van der Waals surface area contributed by atoms with Gasteiger partial charge in [0.25, 0.3) is 0 Å². The fraction of sp³-hybridized carbons (Fsp3) is 0.529. The molecule has 0 spiro atoms. The topological polar surface area (TPSA) is 64.6 Å². The van der Waals surface area contributed by atoms with Crippen LogP contribution in [-0.2, 0) is 19.1 Å². The molecule has 1 aromatic rings. The molecule has 0 aliphatic rings. The Morgan fingerprint density at radius 3 is 2.41 bits per heavy atom. The second-order valence-corrected chi connectivity index (χ2v) is 6.01. The van der Waals surface area contributed by atoms with Crippen LogP contribution in [0.25, 0.3) is 0 Å². The third-order valence-electron chi connectivity index (χ3n) is 3.07. The molecular formula is C17H25NO4. The van der Waals surface area contributed by atoms with Gasteiger partial charge in [0.15, 0.2) is 0 Å². The van der Waals surface area contributed by atoms with Gasteiger partial charge in [0, 0.05) is 5.69 Å². The van der Waals surface area contributed by atoms with Crippen molar-refractivity contribution in [1.82, 2.24) is 0 Å². The van der Waals surface area contributed by atoms with Crippen molar-refractivity contribution >= 4 is 17.6 Å². The molecule has 0 saturated heterocycles. The Labute approximate surface area is 132 Å². The van der Waals surface area contributed by atoms with E-state index >= 15 is 0 Å². The summed E-state index contributed by atoms with van der Waals surface area (Å²) in [7, 11) is 1.38. The predicted octanol–water partition coefficient (Wildman–Crippen LogP) is 3.11. The van der Waals surface area contributed by atoms with Gasteiger partial charge in [-0.25, -0.2) is 0 Å². The van der Waals surface area contributed by atoms with Crippen LogP contribution in [0.3, 0.4) is 0 Å². The van der Waals surface area contributed by atoms with E-state index in [2.05, 4.69) is 5.32 Å². The van der Waals surface area contributed by atoms with Crippen molar-refractivity contribution in [2.75, 3.05) is 19.0 Å². The van der Waals surface area contributed by atoms with E-state index in [0.717, 1.165) is 11.3 Å². The summed E-state index contributed by atoms with van der Waals surface area (Å²) in [5.74, 6) is -0.977. The summed E-state index contributed by atoms with van der Waals surface area (Å²) < 4.78 is 10.1. The normalized spacial score (nSPS) is 12.4. The molecule has 0 aliphatic carbocycles. The number of rotatable bonds is 6. The summed E-state index contributed by atoms with van der Waals surface area (Å²) in [6.07, 6.45) is 0.623. The summed E-state index contributed by atoms with van der Waals surface area (Å²) in [6, 6.07) is 7.42. The molecule has 1 N–H and O–H groups in total. The monoisotopic (exact) mass is 307 g/mol. The van der Waals surface area contributed by atoms with Crippen LogP contribution in [0.5, 0.6) is 0 Å². The Balaban J connectivity index is 2.84. The van der Waals surface area contributed by atoms with E-state index in [1.807, 2.05) is 52.0 Å². The van der Waals surface area contributed by atoms with Gasteiger partial charge in [-0.15, -0.1) is 0 Å². The molecule has 5 heteroatoms. The quantitative estimate of drug-likeness (QED) is 0.818. The highest BCUT2D eigenvalue weighted by atomic mass is 16.6. The van der Waals surface area contributed by atoms with Gasteiger partial charge in [0.2, 0.25) is 0 Å². The minimum Gasteiger partial charge on any atom is -0.469 e. The molecule has 22 heavy (non-hydrogen) atoms. The molecule has 0 radical (unpaired) electrons. The standard InChI is InChI=1S/C17H25NO4/c1-6-12(16(20)21-5)13-9-7-8-10-14(13)18-11-15(19)22-17(2,3)4/h7-10,12,18H,6,11H2,1-5H3.